The topological polar surface area (TPSA) is 93.5 Å². The normalized spacial score (nSPS) is 17.9. The lowest BCUT2D eigenvalue weighted by molar-refractivity contribution is -0.118. The first kappa shape index (κ1) is 33.6. The van der Waals surface area contributed by atoms with Gasteiger partial charge in [-0.1, -0.05) is 42.5 Å². The van der Waals surface area contributed by atoms with Gasteiger partial charge in [0.1, 0.15) is 5.75 Å². The molecule has 9 nitrogen and oxygen atoms in total. The summed E-state index contributed by atoms with van der Waals surface area (Å²) in [4.78, 5) is 28.0. The second-order valence-corrected chi connectivity index (χ2v) is 13.0. The lowest BCUT2D eigenvalue weighted by Gasteiger charge is -2.37. The van der Waals surface area contributed by atoms with Crippen molar-refractivity contribution in [1.29, 1.82) is 0 Å². The Morgan fingerprint density at radius 1 is 0.958 bits per heavy atom. The van der Waals surface area contributed by atoms with E-state index in [1.807, 2.05) is 17.0 Å². The summed E-state index contributed by atoms with van der Waals surface area (Å²) < 4.78 is 20.1. The Balaban J connectivity index is 1.05. The van der Waals surface area contributed by atoms with Gasteiger partial charge in [0.25, 0.3) is 0 Å². The van der Waals surface area contributed by atoms with Crippen molar-refractivity contribution in [1.82, 2.24) is 9.47 Å². The molecule has 2 amide bonds. The minimum atomic E-state index is -0.926. The van der Waals surface area contributed by atoms with Gasteiger partial charge in [0, 0.05) is 68.5 Å². The number of nitrogens with zero attached hydrogens (tertiary/aromatic N) is 3. The standard InChI is InChI=1S/C39H47N3O6/c1-28-25-40(35-9-4-3-8-33(28)35)19-5-6-23-47-32-15-12-30(13-16-32)34-18-21-41(39(44)45)26-37(34)48-27-29-10-11-31-14-17-38(43)42(36(31)24-29)20-7-22-46-2/h3-4,8-13,15-16,24-25,34,37H,5-7,14,17-23,26-27H2,1-2H3,(H,44,45). The van der Waals surface area contributed by atoms with Crippen LogP contribution in [0, 0.1) is 6.92 Å². The molecule has 1 fully saturated rings. The molecule has 0 saturated carbocycles. The summed E-state index contributed by atoms with van der Waals surface area (Å²) in [6.45, 7) is 6.10. The molecule has 2 aliphatic rings. The molecule has 1 saturated heterocycles. The number of para-hydroxylation sites is 1. The number of rotatable bonds is 14. The first-order chi connectivity index (χ1) is 23.4. The number of hydrogen-bond acceptors (Lipinski definition) is 5. The highest BCUT2D eigenvalue weighted by Crippen LogP contribution is 2.34. The number of piperidine rings is 1. The van der Waals surface area contributed by atoms with Crippen molar-refractivity contribution < 1.29 is 28.9 Å². The van der Waals surface area contributed by atoms with Crippen LogP contribution in [-0.4, -0.2) is 72.6 Å². The minimum absolute atomic E-state index is 0.0549. The van der Waals surface area contributed by atoms with Gasteiger partial charge >= 0.3 is 6.09 Å². The van der Waals surface area contributed by atoms with E-state index in [1.165, 1.54) is 21.4 Å². The van der Waals surface area contributed by atoms with Gasteiger partial charge in [-0.15, -0.1) is 0 Å². The molecule has 254 valence electrons. The average Bonchev–Trinajstić information content (AvgIpc) is 3.43. The summed E-state index contributed by atoms with van der Waals surface area (Å²) in [5.74, 6) is 1.02. The van der Waals surface area contributed by atoms with Gasteiger partial charge in [0.2, 0.25) is 5.91 Å². The van der Waals surface area contributed by atoms with Crippen LogP contribution in [0.25, 0.3) is 10.9 Å². The molecule has 4 aromatic rings. The molecule has 0 bridgehead atoms. The van der Waals surface area contributed by atoms with Crippen LogP contribution in [-0.2, 0) is 33.8 Å². The highest BCUT2D eigenvalue weighted by Gasteiger charge is 2.33. The van der Waals surface area contributed by atoms with E-state index in [9.17, 15) is 14.7 Å². The zero-order valence-electron chi connectivity index (χ0n) is 28.1. The number of ether oxygens (including phenoxy) is 3. The van der Waals surface area contributed by atoms with Crippen molar-refractivity contribution in [2.75, 3.05) is 44.9 Å². The van der Waals surface area contributed by atoms with Gasteiger partial charge in [0.05, 0.1) is 25.9 Å². The van der Waals surface area contributed by atoms with Crippen molar-refractivity contribution in [2.24, 2.45) is 0 Å². The monoisotopic (exact) mass is 653 g/mol. The number of carbonyl (C=O) groups excluding carboxylic acids is 1. The van der Waals surface area contributed by atoms with Gasteiger partial charge in [0.15, 0.2) is 0 Å². The van der Waals surface area contributed by atoms with E-state index in [-0.39, 0.29) is 17.9 Å². The highest BCUT2D eigenvalue weighted by atomic mass is 16.5. The second-order valence-electron chi connectivity index (χ2n) is 13.0. The highest BCUT2D eigenvalue weighted by molar-refractivity contribution is 5.96. The number of carboxylic acid groups (broad SMARTS) is 1. The third kappa shape index (κ3) is 7.85. The van der Waals surface area contributed by atoms with Crippen molar-refractivity contribution in [2.45, 2.75) is 70.6 Å². The van der Waals surface area contributed by atoms with Crippen molar-refractivity contribution in [3.8, 4) is 5.75 Å². The van der Waals surface area contributed by atoms with Gasteiger partial charge in [-0.3, -0.25) is 4.79 Å². The summed E-state index contributed by atoms with van der Waals surface area (Å²) in [5.41, 5.74) is 6.78. The van der Waals surface area contributed by atoms with Gasteiger partial charge in [-0.25, -0.2) is 4.79 Å². The third-order valence-corrected chi connectivity index (χ3v) is 9.73. The van der Waals surface area contributed by atoms with Crippen LogP contribution in [0.4, 0.5) is 10.5 Å². The van der Waals surface area contributed by atoms with Gasteiger partial charge in [-0.2, -0.15) is 0 Å². The van der Waals surface area contributed by atoms with E-state index in [0.29, 0.717) is 52.3 Å². The van der Waals surface area contributed by atoms with Crippen LogP contribution in [0.5, 0.6) is 5.75 Å². The number of anilines is 1. The van der Waals surface area contributed by atoms with E-state index in [1.54, 1.807) is 7.11 Å². The lowest BCUT2D eigenvalue weighted by atomic mass is 9.87. The summed E-state index contributed by atoms with van der Waals surface area (Å²) in [7, 11) is 1.67. The smallest absolute Gasteiger partial charge is 0.407 e. The number of benzene rings is 3. The Labute approximate surface area is 283 Å². The maximum atomic E-state index is 12.8. The van der Waals surface area contributed by atoms with E-state index >= 15 is 0 Å². The molecule has 0 radical (unpaired) electrons. The van der Waals surface area contributed by atoms with Gasteiger partial charge < -0.3 is 33.7 Å². The molecule has 2 aliphatic heterocycles. The quantitative estimate of drug-likeness (QED) is 0.145. The van der Waals surface area contributed by atoms with Crippen LogP contribution in [0.2, 0.25) is 0 Å². The number of aryl methyl sites for hydroxylation is 3. The predicted molar refractivity (Wildman–Crippen MR) is 187 cm³/mol. The summed E-state index contributed by atoms with van der Waals surface area (Å²) in [6, 6.07) is 22.9. The summed E-state index contributed by atoms with van der Waals surface area (Å²) in [5, 5.41) is 11.1. The Morgan fingerprint density at radius 3 is 2.60 bits per heavy atom. The Kier molecular flexibility index (Phi) is 11.0. The summed E-state index contributed by atoms with van der Waals surface area (Å²) in [6.07, 6.45) is 5.69. The molecule has 6 rings (SSSR count). The molecule has 3 aromatic carbocycles. The zero-order valence-corrected chi connectivity index (χ0v) is 28.1. The second kappa shape index (κ2) is 15.7. The lowest BCUT2D eigenvalue weighted by Crippen LogP contribution is -2.46. The van der Waals surface area contributed by atoms with Crippen LogP contribution in [0.1, 0.15) is 60.3 Å². The average molecular weight is 654 g/mol. The molecular formula is C39H47N3O6. The fourth-order valence-corrected chi connectivity index (χ4v) is 7.13. The first-order valence-corrected chi connectivity index (χ1v) is 17.2. The largest absolute Gasteiger partial charge is 0.494 e. The fraction of sp³-hybridized carbons (Fsp3) is 0.436. The van der Waals surface area contributed by atoms with Crippen LogP contribution < -0.4 is 9.64 Å². The fourth-order valence-electron chi connectivity index (χ4n) is 7.13. The third-order valence-electron chi connectivity index (χ3n) is 9.73. The number of likely N-dealkylation sites (tertiary alicyclic amines) is 1. The molecule has 0 spiro atoms. The minimum Gasteiger partial charge on any atom is -0.494 e. The number of methoxy groups -OCH3 is 1. The van der Waals surface area contributed by atoms with Crippen LogP contribution in [0.15, 0.2) is 72.9 Å². The van der Waals surface area contributed by atoms with Crippen LogP contribution >= 0.6 is 0 Å². The molecule has 9 heteroatoms. The summed E-state index contributed by atoms with van der Waals surface area (Å²) >= 11 is 0. The molecule has 3 heterocycles. The van der Waals surface area contributed by atoms with E-state index in [4.69, 9.17) is 14.2 Å². The zero-order chi connectivity index (χ0) is 33.5. The number of amides is 2. The van der Waals surface area contributed by atoms with E-state index in [2.05, 4.69) is 72.3 Å². The Morgan fingerprint density at radius 2 is 1.79 bits per heavy atom. The maximum Gasteiger partial charge on any atom is 0.407 e. The number of unbranched alkanes of at least 4 members (excludes halogenated alkanes) is 1. The van der Waals surface area contributed by atoms with Crippen molar-refractivity contribution in [3.05, 3.63) is 95.2 Å². The molecule has 1 N–H and O–H groups in total. The molecule has 1 aromatic heterocycles. The van der Waals surface area contributed by atoms with E-state index in [0.717, 1.165) is 60.4 Å². The molecule has 48 heavy (non-hydrogen) atoms. The molecule has 2 unspecified atom stereocenters. The van der Waals surface area contributed by atoms with Crippen molar-refractivity contribution in [3.63, 3.8) is 0 Å². The SMILES string of the molecule is COCCCN1C(=O)CCc2ccc(COC3CN(C(=O)O)CCC3c3ccc(OCCCCn4cc(C)c5ccccc54)cc3)cc21. The molecule has 2 atom stereocenters. The maximum absolute atomic E-state index is 12.8. The molecule has 0 aliphatic carbocycles. The van der Waals surface area contributed by atoms with Crippen molar-refractivity contribution >= 4 is 28.6 Å². The molecular weight excluding hydrogens is 606 g/mol. The number of fused-ring (bicyclic) bond motifs is 2. The predicted octanol–water partition coefficient (Wildman–Crippen LogP) is 7.18. The van der Waals surface area contributed by atoms with Gasteiger partial charge in [-0.05, 0) is 85.5 Å². The van der Waals surface area contributed by atoms with Crippen LogP contribution in [0.3, 0.4) is 0 Å². The Hall–Kier alpha value is -4.34. The number of aromatic nitrogens is 1. The number of hydrogen-bond donors (Lipinski definition) is 1. The van der Waals surface area contributed by atoms with E-state index < -0.39 is 6.09 Å². The first-order valence-electron chi connectivity index (χ1n) is 17.2. The Bertz CT molecular complexity index is 1700. The number of carbonyl (C=O) groups is 2.